The van der Waals surface area contributed by atoms with E-state index in [2.05, 4.69) is 5.32 Å². The lowest BCUT2D eigenvalue weighted by atomic mass is 10.2. The van der Waals surface area contributed by atoms with Gasteiger partial charge in [-0.1, -0.05) is 0 Å². The maximum Gasteiger partial charge on any atom is 0.269 e. The van der Waals surface area contributed by atoms with Gasteiger partial charge in [0.05, 0.1) is 11.0 Å². The molecule has 0 saturated carbocycles. The summed E-state index contributed by atoms with van der Waals surface area (Å²) in [5.74, 6) is 0. The van der Waals surface area contributed by atoms with Crippen molar-refractivity contribution < 1.29 is 10.0 Å². The van der Waals surface area contributed by atoms with Crippen molar-refractivity contribution in [2.75, 3.05) is 27.2 Å². The van der Waals surface area contributed by atoms with Crippen LogP contribution in [-0.2, 0) is 6.54 Å². The Labute approximate surface area is 139 Å². The molecule has 0 aliphatic heterocycles. The number of rotatable bonds is 8. The van der Waals surface area contributed by atoms with Crippen molar-refractivity contribution in [1.82, 2.24) is 10.2 Å². The number of likely N-dealkylation sites (N-methyl/N-ethyl adjacent to an activating group) is 1. The zero-order valence-corrected chi connectivity index (χ0v) is 14.0. The normalized spacial score (nSPS) is 12.5. The van der Waals surface area contributed by atoms with Gasteiger partial charge in [-0.2, -0.15) is 0 Å². The SMILES string of the molecule is CN(C)CC(O)CNCc1ccc(-c2ccc([N+](=O)[O-])cc2)s1. The van der Waals surface area contributed by atoms with Crippen LogP contribution in [0.4, 0.5) is 5.69 Å². The fraction of sp³-hybridized carbons (Fsp3) is 0.375. The van der Waals surface area contributed by atoms with Crippen molar-refractivity contribution in [2.45, 2.75) is 12.6 Å². The van der Waals surface area contributed by atoms with E-state index in [1.807, 2.05) is 31.1 Å². The summed E-state index contributed by atoms with van der Waals surface area (Å²) in [4.78, 5) is 14.5. The van der Waals surface area contributed by atoms with Gasteiger partial charge in [0.15, 0.2) is 0 Å². The Morgan fingerprint density at radius 2 is 1.96 bits per heavy atom. The van der Waals surface area contributed by atoms with E-state index in [1.54, 1.807) is 23.5 Å². The van der Waals surface area contributed by atoms with E-state index in [-0.39, 0.29) is 11.8 Å². The molecule has 0 aliphatic carbocycles. The van der Waals surface area contributed by atoms with Gasteiger partial charge >= 0.3 is 0 Å². The number of aliphatic hydroxyl groups excluding tert-OH is 1. The van der Waals surface area contributed by atoms with Crippen LogP contribution in [0.3, 0.4) is 0 Å². The first-order chi connectivity index (χ1) is 11.0. The lowest BCUT2D eigenvalue weighted by Gasteiger charge is -2.16. The highest BCUT2D eigenvalue weighted by molar-refractivity contribution is 7.15. The highest BCUT2D eigenvalue weighted by Gasteiger charge is 2.08. The van der Waals surface area contributed by atoms with Crippen LogP contribution >= 0.6 is 11.3 Å². The molecule has 1 aromatic heterocycles. The standard InChI is InChI=1S/C16H21N3O3S/c1-18(2)11-14(20)9-17-10-15-7-8-16(23-15)12-3-5-13(6-4-12)19(21)22/h3-8,14,17,20H,9-11H2,1-2H3. The second kappa shape index (κ2) is 8.16. The number of thiophene rings is 1. The zero-order chi connectivity index (χ0) is 16.8. The van der Waals surface area contributed by atoms with Crippen LogP contribution in [0.25, 0.3) is 10.4 Å². The van der Waals surface area contributed by atoms with Crippen molar-refractivity contribution >= 4 is 17.0 Å². The molecular weight excluding hydrogens is 314 g/mol. The van der Waals surface area contributed by atoms with Gasteiger partial charge in [0.2, 0.25) is 0 Å². The average molecular weight is 335 g/mol. The van der Waals surface area contributed by atoms with Crippen LogP contribution < -0.4 is 5.32 Å². The summed E-state index contributed by atoms with van der Waals surface area (Å²) in [6, 6.07) is 10.6. The highest BCUT2D eigenvalue weighted by atomic mass is 32.1. The van der Waals surface area contributed by atoms with Gasteiger partial charge in [0, 0.05) is 41.5 Å². The minimum absolute atomic E-state index is 0.0991. The molecule has 124 valence electrons. The summed E-state index contributed by atoms with van der Waals surface area (Å²) < 4.78 is 0. The molecular formula is C16H21N3O3S. The Balaban J connectivity index is 1.89. The van der Waals surface area contributed by atoms with Crippen molar-refractivity contribution in [1.29, 1.82) is 0 Å². The van der Waals surface area contributed by atoms with Crippen LogP contribution in [0, 0.1) is 10.1 Å². The molecule has 2 rings (SSSR count). The average Bonchev–Trinajstić information content (AvgIpc) is 2.95. The molecule has 0 saturated heterocycles. The minimum Gasteiger partial charge on any atom is -0.390 e. The smallest absolute Gasteiger partial charge is 0.269 e. The van der Waals surface area contributed by atoms with Crippen LogP contribution in [0.15, 0.2) is 36.4 Å². The number of benzene rings is 1. The molecule has 0 radical (unpaired) electrons. The van der Waals surface area contributed by atoms with Gasteiger partial charge in [0.1, 0.15) is 0 Å². The highest BCUT2D eigenvalue weighted by Crippen LogP contribution is 2.29. The van der Waals surface area contributed by atoms with Gasteiger partial charge in [-0.15, -0.1) is 11.3 Å². The fourth-order valence-corrected chi connectivity index (χ4v) is 3.21. The molecule has 0 aliphatic rings. The third kappa shape index (κ3) is 5.40. The molecule has 0 spiro atoms. The number of hydrogen-bond donors (Lipinski definition) is 2. The molecule has 1 unspecified atom stereocenters. The van der Waals surface area contributed by atoms with Crippen LogP contribution in [0.2, 0.25) is 0 Å². The zero-order valence-electron chi connectivity index (χ0n) is 13.2. The van der Waals surface area contributed by atoms with Crippen LogP contribution in [0.1, 0.15) is 4.88 Å². The third-order valence-electron chi connectivity index (χ3n) is 3.28. The van der Waals surface area contributed by atoms with Gasteiger partial charge in [-0.3, -0.25) is 10.1 Å². The van der Waals surface area contributed by atoms with E-state index >= 15 is 0 Å². The van der Waals surface area contributed by atoms with Gasteiger partial charge < -0.3 is 15.3 Å². The molecule has 2 N–H and O–H groups in total. The predicted octanol–water partition coefficient (Wildman–Crippen LogP) is 2.34. The summed E-state index contributed by atoms with van der Waals surface area (Å²) in [6.45, 7) is 1.87. The first-order valence-electron chi connectivity index (χ1n) is 7.33. The Hall–Kier alpha value is -1.80. The van der Waals surface area contributed by atoms with Gasteiger partial charge in [-0.05, 0) is 43.9 Å². The van der Waals surface area contributed by atoms with Crippen LogP contribution in [-0.4, -0.2) is 48.2 Å². The molecule has 1 heterocycles. The Kier molecular flexibility index (Phi) is 6.23. The summed E-state index contributed by atoms with van der Waals surface area (Å²) in [6.07, 6.45) is -0.390. The van der Waals surface area contributed by atoms with E-state index < -0.39 is 4.92 Å². The molecule has 1 atom stereocenters. The molecule has 6 nitrogen and oxygen atoms in total. The third-order valence-corrected chi connectivity index (χ3v) is 4.41. The number of non-ortho nitro benzene ring substituents is 1. The summed E-state index contributed by atoms with van der Waals surface area (Å²) in [7, 11) is 3.86. The molecule has 0 fully saturated rings. The number of nitro groups is 1. The van der Waals surface area contributed by atoms with E-state index in [0.717, 1.165) is 15.3 Å². The summed E-state index contributed by atoms with van der Waals surface area (Å²) in [5, 5.41) is 23.7. The Morgan fingerprint density at radius 3 is 2.57 bits per heavy atom. The van der Waals surface area contributed by atoms with Crippen molar-refractivity contribution in [2.24, 2.45) is 0 Å². The van der Waals surface area contributed by atoms with Gasteiger partial charge in [0.25, 0.3) is 5.69 Å². The van der Waals surface area contributed by atoms with E-state index in [4.69, 9.17) is 0 Å². The van der Waals surface area contributed by atoms with E-state index in [1.165, 1.54) is 12.1 Å². The number of hydrogen-bond acceptors (Lipinski definition) is 6. The topological polar surface area (TPSA) is 78.6 Å². The molecule has 1 aromatic carbocycles. The van der Waals surface area contributed by atoms with E-state index in [0.29, 0.717) is 19.6 Å². The Morgan fingerprint density at radius 1 is 1.26 bits per heavy atom. The quantitative estimate of drug-likeness (QED) is 0.572. The predicted molar refractivity (Wildman–Crippen MR) is 92.7 cm³/mol. The summed E-state index contributed by atoms with van der Waals surface area (Å²) in [5.41, 5.74) is 1.07. The molecule has 0 bridgehead atoms. The minimum atomic E-state index is -0.396. The number of nitro benzene ring substituents is 1. The monoisotopic (exact) mass is 335 g/mol. The maximum atomic E-state index is 10.7. The second-order valence-electron chi connectivity index (χ2n) is 5.62. The maximum absolute atomic E-state index is 10.7. The lowest BCUT2D eigenvalue weighted by molar-refractivity contribution is -0.384. The van der Waals surface area contributed by atoms with Crippen molar-refractivity contribution in [3.8, 4) is 10.4 Å². The fourth-order valence-electron chi connectivity index (χ4n) is 2.22. The molecule has 0 amide bonds. The molecule has 7 heteroatoms. The summed E-state index contributed by atoms with van der Waals surface area (Å²) >= 11 is 1.64. The van der Waals surface area contributed by atoms with Crippen molar-refractivity contribution in [3.63, 3.8) is 0 Å². The van der Waals surface area contributed by atoms with Crippen molar-refractivity contribution in [3.05, 3.63) is 51.4 Å². The Bertz CT molecular complexity index is 640. The second-order valence-corrected chi connectivity index (χ2v) is 6.79. The number of nitrogens with zero attached hydrogens (tertiary/aromatic N) is 2. The first-order valence-corrected chi connectivity index (χ1v) is 8.14. The molecule has 23 heavy (non-hydrogen) atoms. The van der Waals surface area contributed by atoms with E-state index in [9.17, 15) is 15.2 Å². The largest absolute Gasteiger partial charge is 0.390 e. The molecule has 2 aromatic rings. The van der Waals surface area contributed by atoms with Crippen LogP contribution in [0.5, 0.6) is 0 Å². The first kappa shape index (κ1) is 17.6. The number of aliphatic hydroxyl groups is 1. The lowest BCUT2D eigenvalue weighted by Crippen LogP contribution is -2.34. The van der Waals surface area contributed by atoms with Gasteiger partial charge in [-0.25, -0.2) is 0 Å². The number of nitrogens with one attached hydrogen (secondary N) is 1.